The van der Waals surface area contributed by atoms with Crippen LogP contribution in [0.2, 0.25) is 0 Å². The van der Waals surface area contributed by atoms with Crippen molar-refractivity contribution in [2.45, 2.75) is 33.4 Å². The van der Waals surface area contributed by atoms with Gasteiger partial charge in [0, 0.05) is 19.2 Å². The molecule has 1 unspecified atom stereocenters. The van der Waals surface area contributed by atoms with Crippen molar-refractivity contribution in [3.05, 3.63) is 29.6 Å². The van der Waals surface area contributed by atoms with Crippen molar-refractivity contribution in [3.8, 4) is 5.75 Å². The van der Waals surface area contributed by atoms with Crippen molar-refractivity contribution < 1.29 is 13.9 Å². The molecular weight excluding hydrogens is 245 g/mol. The van der Waals surface area contributed by atoms with Gasteiger partial charge in [0.1, 0.15) is 6.10 Å². The molecule has 0 saturated heterocycles. The van der Waals surface area contributed by atoms with E-state index in [2.05, 4.69) is 19.2 Å². The Balaban J connectivity index is 2.71. The third kappa shape index (κ3) is 5.57. The van der Waals surface area contributed by atoms with Gasteiger partial charge in [-0.05, 0) is 25.5 Å². The molecule has 1 aromatic carbocycles. The van der Waals surface area contributed by atoms with Gasteiger partial charge in [-0.3, -0.25) is 0 Å². The molecule has 0 aliphatic carbocycles. The topological polar surface area (TPSA) is 30.5 Å². The van der Waals surface area contributed by atoms with Crippen LogP contribution < -0.4 is 10.1 Å². The largest absolute Gasteiger partial charge is 0.485 e. The first kappa shape index (κ1) is 15.9. The highest BCUT2D eigenvalue weighted by atomic mass is 19.1. The Bertz CT molecular complexity index is 382. The summed E-state index contributed by atoms with van der Waals surface area (Å²) in [4.78, 5) is 0. The lowest BCUT2D eigenvalue weighted by molar-refractivity contribution is 0.0884. The van der Waals surface area contributed by atoms with Crippen LogP contribution >= 0.6 is 0 Å². The van der Waals surface area contributed by atoms with E-state index in [0.29, 0.717) is 24.8 Å². The van der Waals surface area contributed by atoms with Crippen LogP contribution in [0.4, 0.5) is 4.39 Å². The fraction of sp³-hybridized carbons (Fsp3) is 0.600. The molecule has 3 nitrogen and oxygen atoms in total. The number of nitrogens with one attached hydrogen (secondary N) is 1. The highest BCUT2D eigenvalue weighted by molar-refractivity contribution is 5.35. The Kier molecular flexibility index (Phi) is 6.81. The van der Waals surface area contributed by atoms with E-state index in [1.54, 1.807) is 13.2 Å². The molecule has 0 aromatic heterocycles. The normalized spacial score (nSPS) is 12.7. The lowest BCUT2D eigenvalue weighted by Crippen LogP contribution is -2.22. The van der Waals surface area contributed by atoms with Crippen LogP contribution in [-0.2, 0) is 11.3 Å². The van der Waals surface area contributed by atoms with Gasteiger partial charge in [0.2, 0.25) is 0 Å². The average molecular weight is 269 g/mol. The van der Waals surface area contributed by atoms with E-state index >= 15 is 0 Å². The first-order valence-electron chi connectivity index (χ1n) is 6.68. The van der Waals surface area contributed by atoms with E-state index in [0.717, 1.165) is 12.1 Å². The molecule has 1 atom stereocenters. The maximum Gasteiger partial charge on any atom is 0.165 e. The number of rotatable bonds is 8. The summed E-state index contributed by atoms with van der Waals surface area (Å²) in [5, 5.41) is 3.30. The van der Waals surface area contributed by atoms with E-state index in [1.807, 2.05) is 13.0 Å². The average Bonchev–Trinajstić information content (AvgIpc) is 2.33. The minimum Gasteiger partial charge on any atom is -0.485 e. The first-order valence-corrected chi connectivity index (χ1v) is 6.68. The monoisotopic (exact) mass is 269 g/mol. The van der Waals surface area contributed by atoms with Crippen molar-refractivity contribution in [3.63, 3.8) is 0 Å². The van der Waals surface area contributed by atoms with Gasteiger partial charge in [0.25, 0.3) is 0 Å². The number of benzene rings is 1. The molecule has 0 saturated carbocycles. The van der Waals surface area contributed by atoms with Gasteiger partial charge in [0.05, 0.1) is 6.61 Å². The number of methoxy groups -OCH3 is 1. The summed E-state index contributed by atoms with van der Waals surface area (Å²) in [7, 11) is 1.60. The molecule has 4 heteroatoms. The SMILES string of the molecule is COCC(C)Oc1c(F)cccc1CNCC(C)C. The summed E-state index contributed by atoms with van der Waals surface area (Å²) in [6.07, 6.45) is -0.175. The summed E-state index contributed by atoms with van der Waals surface area (Å²) < 4.78 is 24.5. The Morgan fingerprint density at radius 2 is 2.00 bits per heavy atom. The molecule has 108 valence electrons. The molecule has 0 heterocycles. The van der Waals surface area contributed by atoms with E-state index in [9.17, 15) is 4.39 Å². The molecule has 1 aromatic rings. The zero-order chi connectivity index (χ0) is 14.3. The Hall–Kier alpha value is -1.13. The van der Waals surface area contributed by atoms with E-state index < -0.39 is 0 Å². The van der Waals surface area contributed by atoms with Crippen LogP contribution in [-0.4, -0.2) is 26.4 Å². The summed E-state index contributed by atoms with van der Waals surface area (Å²) in [6.45, 7) is 8.07. The van der Waals surface area contributed by atoms with Gasteiger partial charge in [0.15, 0.2) is 11.6 Å². The first-order chi connectivity index (χ1) is 9.04. The van der Waals surface area contributed by atoms with Crippen LogP contribution in [0.3, 0.4) is 0 Å². The molecule has 0 spiro atoms. The Morgan fingerprint density at radius 3 is 2.63 bits per heavy atom. The lowest BCUT2D eigenvalue weighted by Gasteiger charge is -2.18. The van der Waals surface area contributed by atoms with Crippen LogP contribution in [0, 0.1) is 11.7 Å². The Labute approximate surface area is 115 Å². The van der Waals surface area contributed by atoms with Crippen molar-refractivity contribution in [1.82, 2.24) is 5.32 Å². The van der Waals surface area contributed by atoms with Crippen LogP contribution in [0.1, 0.15) is 26.3 Å². The number of halogens is 1. The molecule has 1 rings (SSSR count). The minimum atomic E-state index is -0.327. The van der Waals surface area contributed by atoms with Crippen LogP contribution in [0.5, 0.6) is 5.75 Å². The summed E-state index contributed by atoms with van der Waals surface area (Å²) in [5.41, 5.74) is 0.837. The molecule has 0 aliphatic heterocycles. The smallest absolute Gasteiger partial charge is 0.165 e. The maximum absolute atomic E-state index is 13.8. The van der Waals surface area contributed by atoms with Crippen LogP contribution in [0.25, 0.3) is 0 Å². The van der Waals surface area contributed by atoms with E-state index in [1.165, 1.54) is 6.07 Å². The molecule has 0 aliphatic rings. The Morgan fingerprint density at radius 1 is 1.26 bits per heavy atom. The summed E-state index contributed by atoms with van der Waals surface area (Å²) >= 11 is 0. The summed E-state index contributed by atoms with van der Waals surface area (Å²) in [6, 6.07) is 5.00. The van der Waals surface area contributed by atoms with E-state index in [4.69, 9.17) is 9.47 Å². The lowest BCUT2D eigenvalue weighted by atomic mass is 10.1. The van der Waals surface area contributed by atoms with Crippen LogP contribution in [0.15, 0.2) is 18.2 Å². The van der Waals surface area contributed by atoms with Gasteiger partial charge in [-0.1, -0.05) is 26.0 Å². The third-order valence-corrected chi connectivity index (χ3v) is 2.64. The van der Waals surface area contributed by atoms with Crippen molar-refractivity contribution in [2.24, 2.45) is 5.92 Å². The van der Waals surface area contributed by atoms with Gasteiger partial charge < -0.3 is 14.8 Å². The zero-order valence-corrected chi connectivity index (χ0v) is 12.2. The predicted molar refractivity (Wildman–Crippen MR) is 74.9 cm³/mol. The fourth-order valence-electron chi connectivity index (χ4n) is 1.79. The van der Waals surface area contributed by atoms with Gasteiger partial charge in [-0.15, -0.1) is 0 Å². The highest BCUT2D eigenvalue weighted by Gasteiger charge is 2.13. The van der Waals surface area contributed by atoms with E-state index in [-0.39, 0.29) is 11.9 Å². The fourth-order valence-corrected chi connectivity index (χ4v) is 1.79. The maximum atomic E-state index is 13.8. The standard InChI is InChI=1S/C15H24FNO2/c1-11(2)8-17-9-13-6-5-7-14(16)15(13)19-12(3)10-18-4/h5-7,11-12,17H,8-10H2,1-4H3. The number of hydrogen-bond donors (Lipinski definition) is 1. The van der Waals surface area contributed by atoms with Gasteiger partial charge >= 0.3 is 0 Å². The van der Waals surface area contributed by atoms with Crippen molar-refractivity contribution in [1.29, 1.82) is 0 Å². The van der Waals surface area contributed by atoms with Crippen molar-refractivity contribution >= 4 is 0 Å². The molecule has 0 bridgehead atoms. The minimum absolute atomic E-state index is 0.175. The van der Waals surface area contributed by atoms with Gasteiger partial charge in [-0.25, -0.2) is 4.39 Å². The molecule has 0 radical (unpaired) electrons. The van der Waals surface area contributed by atoms with Gasteiger partial charge in [-0.2, -0.15) is 0 Å². The second-order valence-electron chi connectivity index (χ2n) is 5.14. The molecule has 0 fully saturated rings. The number of ether oxygens (including phenoxy) is 2. The molecule has 0 amide bonds. The van der Waals surface area contributed by atoms with Crippen molar-refractivity contribution in [2.75, 3.05) is 20.3 Å². The molecule has 1 N–H and O–H groups in total. The molecule has 19 heavy (non-hydrogen) atoms. The summed E-state index contributed by atoms with van der Waals surface area (Å²) in [5.74, 6) is 0.556. The second kappa shape index (κ2) is 8.12. The third-order valence-electron chi connectivity index (χ3n) is 2.64. The number of hydrogen-bond acceptors (Lipinski definition) is 3. The highest BCUT2D eigenvalue weighted by Crippen LogP contribution is 2.24. The zero-order valence-electron chi connectivity index (χ0n) is 12.2. The predicted octanol–water partition coefficient (Wildman–Crippen LogP) is 2.99. The number of para-hydroxylation sites is 1. The second-order valence-corrected chi connectivity index (χ2v) is 5.14. The molecular formula is C15H24FNO2. The quantitative estimate of drug-likeness (QED) is 0.787.